The fourth-order valence-electron chi connectivity index (χ4n) is 4.86. The smallest absolute Gasteiger partial charge is 0.162 e. The molecule has 2 atom stereocenters. The van der Waals surface area contributed by atoms with Crippen LogP contribution in [-0.4, -0.2) is 86.5 Å². The van der Waals surface area contributed by atoms with Crippen LogP contribution in [0.2, 0.25) is 0 Å². The van der Waals surface area contributed by atoms with Crippen LogP contribution >= 0.6 is 11.3 Å². The Morgan fingerprint density at radius 3 is 2.76 bits per heavy atom. The lowest BCUT2D eigenvalue weighted by Gasteiger charge is -2.46. The molecule has 9 nitrogen and oxygen atoms in total. The maximum Gasteiger partial charge on any atom is 0.162 e. The Kier molecular flexibility index (Phi) is 6.41. The number of aromatic nitrogens is 1. The van der Waals surface area contributed by atoms with Gasteiger partial charge in [-0.25, -0.2) is 18.4 Å². The van der Waals surface area contributed by atoms with E-state index >= 15 is 0 Å². The summed E-state index contributed by atoms with van der Waals surface area (Å²) in [5, 5.41) is 6.48. The van der Waals surface area contributed by atoms with Gasteiger partial charge in [0.05, 0.1) is 28.5 Å². The van der Waals surface area contributed by atoms with Crippen LogP contribution in [-0.2, 0) is 14.6 Å². The second kappa shape index (κ2) is 9.30. The molecule has 0 aliphatic carbocycles. The zero-order valence-corrected chi connectivity index (χ0v) is 20.3. The van der Waals surface area contributed by atoms with E-state index in [1.54, 1.807) is 17.5 Å². The number of aliphatic imine (C=N–C) groups is 1. The second-order valence-corrected chi connectivity index (χ2v) is 12.2. The number of hydrogen-bond donors (Lipinski definition) is 1. The van der Waals surface area contributed by atoms with Crippen molar-refractivity contribution in [3.63, 3.8) is 0 Å². The van der Waals surface area contributed by atoms with Gasteiger partial charge < -0.3 is 15.4 Å². The second-order valence-electron chi connectivity index (χ2n) is 8.92. The number of pyridine rings is 1. The molecule has 0 saturated carbocycles. The highest BCUT2D eigenvalue weighted by atomic mass is 32.2. The number of fused-ring (bicyclic) bond motifs is 1. The molecule has 2 aromatic heterocycles. The number of anilines is 2. The van der Waals surface area contributed by atoms with Gasteiger partial charge in [-0.2, -0.15) is 0 Å². The maximum absolute atomic E-state index is 11.9. The molecule has 2 aromatic rings. The largest absolute Gasteiger partial charge is 0.384 e. The average molecular weight is 491 g/mol. The molecule has 11 heteroatoms. The van der Waals surface area contributed by atoms with Gasteiger partial charge in [0.2, 0.25) is 0 Å². The van der Waals surface area contributed by atoms with Gasteiger partial charge in [-0.1, -0.05) is 0 Å². The molecular weight excluding hydrogens is 460 g/mol. The highest BCUT2D eigenvalue weighted by Gasteiger charge is 2.35. The summed E-state index contributed by atoms with van der Waals surface area (Å²) in [4.78, 5) is 12.6. The topological polar surface area (TPSA) is 104 Å². The van der Waals surface area contributed by atoms with Crippen molar-refractivity contribution in [3.8, 4) is 0 Å². The number of hydrogen-bond acceptors (Lipinski definition) is 10. The number of hydrazine groups is 1. The Balaban J connectivity index is 1.30. The number of nitrogens with zero attached hydrogens (tertiary/aromatic N) is 5. The van der Waals surface area contributed by atoms with E-state index in [1.807, 2.05) is 18.3 Å². The predicted octanol–water partition coefficient (Wildman–Crippen LogP) is 1.79. The molecule has 0 spiro atoms. The number of likely N-dealkylation sites (tertiary alicyclic amines) is 1. The number of nitrogen functional groups attached to an aromatic ring is 1. The Labute approximate surface area is 198 Å². The lowest BCUT2D eigenvalue weighted by atomic mass is 10.1. The minimum Gasteiger partial charge on any atom is -0.384 e. The van der Waals surface area contributed by atoms with Crippen LogP contribution in [0.15, 0.2) is 34.8 Å². The number of morpholine rings is 1. The summed E-state index contributed by atoms with van der Waals surface area (Å²) in [6.45, 7) is 4.54. The number of thiophene rings is 1. The molecule has 3 aliphatic heterocycles. The standard InChI is InChI=1S/C22H30N6O3S2/c1-33(29,30)18-4-7-26(8-5-18)14-17-15-27(9-10-31-17)28-19-6-11-32-20(19)13-25-22(28)16-2-3-21(23)24-12-16/h2-3,6,11-13,17-18,22H,4-5,7-10,14-15H2,1H3,(H2,23,24). The fourth-order valence-corrected chi connectivity index (χ4v) is 6.67. The van der Waals surface area contributed by atoms with Crippen LogP contribution in [0.25, 0.3) is 0 Å². The Morgan fingerprint density at radius 1 is 1.21 bits per heavy atom. The minimum absolute atomic E-state index is 0.0479. The normalized spacial score (nSPS) is 25.3. The number of nitrogens with two attached hydrogens (primary N) is 1. The van der Waals surface area contributed by atoms with Crippen LogP contribution in [0.3, 0.4) is 0 Å². The van der Waals surface area contributed by atoms with Gasteiger partial charge in [-0.05, 0) is 49.5 Å². The lowest BCUT2D eigenvalue weighted by Crippen LogP contribution is -2.56. The summed E-state index contributed by atoms with van der Waals surface area (Å²) in [6.07, 6.45) is 6.33. The Bertz CT molecular complexity index is 1100. The van der Waals surface area contributed by atoms with Crippen LogP contribution in [0.5, 0.6) is 0 Å². The lowest BCUT2D eigenvalue weighted by molar-refractivity contribution is -0.0515. The van der Waals surface area contributed by atoms with Crippen molar-refractivity contribution in [2.45, 2.75) is 30.4 Å². The molecule has 2 N–H and O–H groups in total. The van der Waals surface area contributed by atoms with Crippen molar-refractivity contribution in [2.75, 3.05) is 56.3 Å². The number of piperidine rings is 1. The summed E-state index contributed by atoms with van der Waals surface area (Å²) in [6, 6.07) is 5.94. The third-order valence-corrected chi connectivity index (χ3v) is 9.14. The highest BCUT2D eigenvalue weighted by molar-refractivity contribution is 7.91. The van der Waals surface area contributed by atoms with Gasteiger partial charge in [0.15, 0.2) is 6.17 Å². The minimum atomic E-state index is -2.96. The van der Waals surface area contributed by atoms with Crippen molar-refractivity contribution in [1.29, 1.82) is 0 Å². The van der Waals surface area contributed by atoms with Crippen molar-refractivity contribution in [1.82, 2.24) is 14.9 Å². The van der Waals surface area contributed by atoms with E-state index in [9.17, 15) is 8.42 Å². The van der Waals surface area contributed by atoms with Gasteiger partial charge in [0.25, 0.3) is 0 Å². The predicted molar refractivity (Wildman–Crippen MR) is 131 cm³/mol. The monoisotopic (exact) mass is 490 g/mol. The van der Waals surface area contributed by atoms with E-state index in [-0.39, 0.29) is 17.5 Å². The van der Waals surface area contributed by atoms with Crippen molar-refractivity contribution in [3.05, 3.63) is 40.2 Å². The van der Waals surface area contributed by atoms with E-state index in [1.165, 1.54) is 6.26 Å². The van der Waals surface area contributed by atoms with Crippen molar-refractivity contribution in [2.24, 2.45) is 4.99 Å². The summed E-state index contributed by atoms with van der Waals surface area (Å²) < 4.78 is 29.9. The van der Waals surface area contributed by atoms with Gasteiger partial charge in [-0.15, -0.1) is 11.3 Å². The molecule has 5 heterocycles. The third kappa shape index (κ3) is 4.92. The molecular formula is C22H30N6O3S2. The molecule has 0 aromatic carbocycles. The van der Waals surface area contributed by atoms with Crippen molar-refractivity contribution >= 4 is 38.9 Å². The first-order valence-corrected chi connectivity index (χ1v) is 14.1. The van der Waals surface area contributed by atoms with Crippen LogP contribution in [0, 0.1) is 0 Å². The van der Waals surface area contributed by atoms with E-state index in [2.05, 4.69) is 31.3 Å². The van der Waals surface area contributed by atoms with E-state index in [0.717, 1.165) is 48.9 Å². The molecule has 3 aliphatic rings. The van der Waals surface area contributed by atoms with Gasteiger partial charge in [0.1, 0.15) is 15.7 Å². The quantitative estimate of drug-likeness (QED) is 0.677. The number of rotatable bonds is 5. The van der Waals surface area contributed by atoms with Gasteiger partial charge in [-0.3, -0.25) is 10.0 Å². The first-order valence-electron chi connectivity index (χ1n) is 11.3. The first kappa shape index (κ1) is 22.7. The third-order valence-electron chi connectivity index (χ3n) is 6.62. The fraction of sp³-hybridized carbons (Fsp3) is 0.545. The summed E-state index contributed by atoms with van der Waals surface area (Å²) in [5.41, 5.74) is 7.94. The van der Waals surface area contributed by atoms with Gasteiger partial charge >= 0.3 is 0 Å². The molecule has 5 rings (SSSR count). The molecule has 0 amide bonds. The average Bonchev–Trinajstić information content (AvgIpc) is 3.28. The zero-order chi connectivity index (χ0) is 23.0. The van der Waals surface area contributed by atoms with E-state index in [4.69, 9.17) is 15.5 Å². The molecule has 0 bridgehead atoms. The summed E-state index contributed by atoms with van der Waals surface area (Å²) >= 11 is 1.68. The van der Waals surface area contributed by atoms with E-state index in [0.29, 0.717) is 25.3 Å². The maximum atomic E-state index is 11.9. The molecule has 0 radical (unpaired) electrons. The van der Waals surface area contributed by atoms with Crippen molar-refractivity contribution < 1.29 is 13.2 Å². The molecule has 2 saturated heterocycles. The number of sulfone groups is 1. The molecule has 2 unspecified atom stereocenters. The SMILES string of the molecule is CS(=O)(=O)C1CCN(CC2CN(N3c4ccsc4C=NC3c3ccc(N)nc3)CCO2)CC1. The highest BCUT2D eigenvalue weighted by Crippen LogP contribution is 2.38. The first-order chi connectivity index (χ1) is 15.9. The molecule has 2 fully saturated rings. The van der Waals surface area contributed by atoms with Crippen LogP contribution in [0.4, 0.5) is 11.5 Å². The molecule has 33 heavy (non-hydrogen) atoms. The summed E-state index contributed by atoms with van der Waals surface area (Å²) in [5.74, 6) is 0.493. The number of ether oxygens (including phenoxy) is 1. The Hall–Kier alpha value is -2.05. The molecule has 178 valence electrons. The van der Waals surface area contributed by atoms with Crippen LogP contribution < -0.4 is 10.7 Å². The zero-order valence-electron chi connectivity index (χ0n) is 18.7. The Morgan fingerprint density at radius 2 is 2.03 bits per heavy atom. The van der Waals surface area contributed by atoms with Gasteiger partial charge in [0, 0.05) is 43.9 Å². The van der Waals surface area contributed by atoms with Crippen LogP contribution in [0.1, 0.15) is 29.4 Å². The summed E-state index contributed by atoms with van der Waals surface area (Å²) in [7, 11) is -2.96. The van der Waals surface area contributed by atoms with E-state index < -0.39 is 9.84 Å².